The van der Waals surface area contributed by atoms with Crippen LogP contribution >= 0.6 is 0 Å². The number of aliphatic hydroxyl groups excluding tert-OH is 1. The molecule has 0 aliphatic carbocycles. The minimum absolute atomic E-state index is 0.105. The molecule has 1 aromatic heterocycles. The van der Waals surface area contributed by atoms with Crippen LogP contribution in [0, 0.1) is 0 Å². The van der Waals surface area contributed by atoms with Crippen molar-refractivity contribution in [3.05, 3.63) is 23.4 Å². The van der Waals surface area contributed by atoms with E-state index in [1.807, 2.05) is 39.5 Å². The maximum atomic E-state index is 11.4. The van der Waals surface area contributed by atoms with Crippen LogP contribution in [-0.2, 0) is 5.41 Å². The van der Waals surface area contributed by atoms with E-state index < -0.39 is 5.97 Å². The summed E-state index contributed by atoms with van der Waals surface area (Å²) in [6.45, 7) is 10.9. The number of pyridine rings is 1. The molecule has 1 heterocycles. The second kappa shape index (κ2) is 6.89. The molecule has 0 radical (unpaired) electrons. The van der Waals surface area contributed by atoms with Crippen LogP contribution < -0.4 is 4.90 Å². The summed E-state index contributed by atoms with van der Waals surface area (Å²) < 4.78 is 0. The summed E-state index contributed by atoms with van der Waals surface area (Å²) in [4.78, 5) is 18.0. The number of aliphatic hydroxyl groups is 1. The summed E-state index contributed by atoms with van der Waals surface area (Å²) in [5.41, 5.74) is 0.784. The lowest BCUT2D eigenvalue weighted by Gasteiger charge is -2.29. The van der Waals surface area contributed by atoms with Crippen molar-refractivity contribution < 1.29 is 15.0 Å². The van der Waals surface area contributed by atoms with E-state index in [2.05, 4.69) is 4.98 Å². The molecule has 0 spiro atoms. The number of carboxylic acid groups (broad SMARTS) is 1. The van der Waals surface area contributed by atoms with Crippen LogP contribution in [0.25, 0.3) is 0 Å². The van der Waals surface area contributed by atoms with Crippen molar-refractivity contribution in [1.29, 1.82) is 0 Å². The molecule has 21 heavy (non-hydrogen) atoms. The van der Waals surface area contributed by atoms with Gasteiger partial charge in [-0.05, 0) is 32.4 Å². The van der Waals surface area contributed by atoms with Crippen molar-refractivity contribution in [2.24, 2.45) is 0 Å². The zero-order chi connectivity index (χ0) is 16.2. The van der Waals surface area contributed by atoms with Crippen LogP contribution in [0.5, 0.6) is 0 Å². The summed E-state index contributed by atoms with van der Waals surface area (Å²) >= 11 is 0. The van der Waals surface area contributed by atoms with Crippen LogP contribution in [0.15, 0.2) is 12.1 Å². The third kappa shape index (κ3) is 4.70. The van der Waals surface area contributed by atoms with Gasteiger partial charge in [0.15, 0.2) is 0 Å². The smallest absolute Gasteiger partial charge is 0.335 e. The molecule has 0 amide bonds. The van der Waals surface area contributed by atoms with Crippen LogP contribution in [-0.4, -0.2) is 40.4 Å². The molecular formula is C16H26N2O3. The third-order valence-electron chi connectivity index (χ3n) is 3.30. The van der Waals surface area contributed by atoms with Gasteiger partial charge in [0, 0.05) is 30.3 Å². The number of rotatable bonds is 6. The van der Waals surface area contributed by atoms with Crippen molar-refractivity contribution >= 4 is 11.8 Å². The maximum Gasteiger partial charge on any atom is 0.335 e. The SMILES string of the molecule is CC(C)N(CCCO)c1cc(C(=O)O)cc(C(C)(C)C)n1. The number of carboxylic acids is 1. The van der Waals surface area contributed by atoms with Crippen molar-refractivity contribution in [2.45, 2.75) is 52.5 Å². The predicted molar refractivity (Wildman–Crippen MR) is 84.1 cm³/mol. The normalized spacial score (nSPS) is 11.8. The summed E-state index contributed by atoms with van der Waals surface area (Å²) in [6.07, 6.45) is 0.627. The second-order valence-electron chi connectivity index (χ2n) is 6.52. The van der Waals surface area contributed by atoms with Gasteiger partial charge >= 0.3 is 5.97 Å². The summed E-state index contributed by atoms with van der Waals surface area (Å²) in [6, 6.07) is 3.42. The number of carbonyl (C=O) groups is 1. The average Bonchev–Trinajstić information content (AvgIpc) is 2.37. The summed E-state index contributed by atoms with van der Waals surface area (Å²) in [7, 11) is 0. The monoisotopic (exact) mass is 294 g/mol. The molecule has 0 bridgehead atoms. The lowest BCUT2D eigenvalue weighted by atomic mass is 9.90. The molecule has 0 atom stereocenters. The van der Waals surface area contributed by atoms with Gasteiger partial charge in [-0.25, -0.2) is 9.78 Å². The van der Waals surface area contributed by atoms with Gasteiger partial charge in [0.05, 0.1) is 5.56 Å². The highest BCUT2D eigenvalue weighted by Gasteiger charge is 2.21. The standard InChI is InChI=1S/C16H26N2O3/c1-11(2)18(7-6-8-19)14-10-12(15(20)21)9-13(17-14)16(3,4)5/h9-11,19H,6-8H2,1-5H3,(H,20,21). The molecule has 0 aromatic carbocycles. The number of hydrogen-bond donors (Lipinski definition) is 2. The number of anilines is 1. The molecule has 0 aliphatic heterocycles. The summed E-state index contributed by atoms with van der Waals surface area (Å²) in [5.74, 6) is -0.293. The van der Waals surface area contributed by atoms with Gasteiger partial charge in [-0.3, -0.25) is 0 Å². The average molecular weight is 294 g/mol. The molecule has 1 rings (SSSR count). The minimum atomic E-state index is -0.949. The van der Waals surface area contributed by atoms with Crippen LogP contribution in [0.1, 0.15) is 57.1 Å². The largest absolute Gasteiger partial charge is 0.478 e. The first-order chi connectivity index (χ1) is 9.66. The molecule has 5 heteroatoms. The fourth-order valence-electron chi connectivity index (χ4n) is 2.05. The van der Waals surface area contributed by atoms with Gasteiger partial charge < -0.3 is 15.1 Å². The predicted octanol–water partition coefficient (Wildman–Crippen LogP) is 2.67. The lowest BCUT2D eigenvalue weighted by molar-refractivity contribution is 0.0696. The van der Waals surface area contributed by atoms with Gasteiger partial charge in [0.25, 0.3) is 0 Å². The minimum Gasteiger partial charge on any atom is -0.478 e. The molecule has 118 valence electrons. The Morgan fingerprint density at radius 2 is 1.95 bits per heavy atom. The Labute approximate surface area is 126 Å². The molecule has 0 aliphatic rings. The fraction of sp³-hybridized carbons (Fsp3) is 0.625. The van der Waals surface area contributed by atoms with Gasteiger partial charge in [-0.1, -0.05) is 20.8 Å². The topological polar surface area (TPSA) is 73.7 Å². The first-order valence-corrected chi connectivity index (χ1v) is 7.30. The number of nitrogens with zero attached hydrogens (tertiary/aromatic N) is 2. The zero-order valence-electron chi connectivity index (χ0n) is 13.6. The molecule has 0 fully saturated rings. The van der Waals surface area contributed by atoms with Crippen molar-refractivity contribution in [1.82, 2.24) is 4.98 Å². The lowest BCUT2D eigenvalue weighted by Crippen LogP contribution is -2.34. The first kappa shape index (κ1) is 17.4. The Morgan fingerprint density at radius 3 is 2.38 bits per heavy atom. The van der Waals surface area contributed by atoms with Crippen LogP contribution in [0.2, 0.25) is 0 Å². The number of aromatic carboxylic acids is 1. The molecule has 1 aromatic rings. The highest BCUT2D eigenvalue weighted by atomic mass is 16.4. The quantitative estimate of drug-likeness (QED) is 0.844. The Balaban J connectivity index is 3.31. The number of aromatic nitrogens is 1. The van der Waals surface area contributed by atoms with E-state index in [0.29, 0.717) is 18.8 Å². The first-order valence-electron chi connectivity index (χ1n) is 7.30. The van der Waals surface area contributed by atoms with Crippen LogP contribution in [0.3, 0.4) is 0 Å². The molecule has 0 saturated carbocycles. The van der Waals surface area contributed by atoms with Gasteiger partial charge in [0.1, 0.15) is 5.82 Å². The zero-order valence-corrected chi connectivity index (χ0v) is 13.6. The van der Waals surface area contributed by atoms with E-state index >= 15 is 0 Å². The Kier molecular flexibility index (Phi) is 5.72. The maximum absolute atomic E-state index is 11.4. The van der Waals surface area contributed by atoms with Crippen molar-refractivity contribution in [2.75, 3.05) is 18.1 Å². The highest BCUT2D eigenvalue weighted by molar-refractivity contribution is 5.88. The molecule has 0 saturated heterocycles. The Bertz CT molecular complexity index is 493. The molecular weight excluding hydrogens is 268 g/mol. The summed E-state index contributed by atoms with van der Waals surface area (Å²) in [5, 5.41) is 18.3. The van der Waals surface area contributed by atoms with E-state index in [1.54, 1.807) is 12.1 Å². The Hall–Kier alpha value is -1.62. The van der Waals surface area contributed by atoms with Gasteiger partial charge in [-0.2, -0.15) is 0 Å². The van der Waals surface area contributed by atoms with Gasteiger partial charge in [-0.15, -0.1) is 0 Å². The van der Waals surface area contributed by atoms with E-state index in [9.17, 15) is 9.90 Å². The van der Waals surface area contributed by atoms with Gasteiger partial charge in [0.2, 0.25) is 0 Å². The second-order valence-corrected chi connectivity index (χ2v) is 6.52. The van der Waals surface area contributed by atoms with Crippen molar-refractivity contribution in [3.63, 3.8) is 0 Å². The van der Waals surface area contributed by atoms with E-state index in [4.69, 9.17) is 5.11 Å². The van der Waals surface area contributed by atoms with Crippen LogP contribution in [0.4, 0.5) is 5.82 Å². The fourth-order valence-corrected chi connectivity index (χ4v) is 2.05. The van der Waals surface area contributed by atoms with E-state index in [1.165, 1.54) is 0 Å². The third-order valence-corrected chi connectivity index (χ3v) is 3.30. The Morgan fingerprint density at radius 1 is 1.33 bits per heavy atom. The molecule has 5 nitrogen and oxygen atoms in total. The molecule has 0 unspecified atom stereocenters. The van der Waals surface area contributed by atoms with E-state index in [0.717, 1.165) is 5.69 Å². The van der Waals surface area contributed by atoms with Crippen molar-refractivity contribution in [3.8, 4) is 0 Å². The molecule has 2 N–H and O–H groups in total. The number of hydrogen-bond acceptors (Lipinski definition) is 4. The highest BCUT2D eigenvalue weighted by Crippen LogP contribution is 2.26. The van der Waals surface area contributed by atoms with E-state index in [-0.39, 0.29) is 23.6 Å².